The van der Waals surface area contributed by atoms with Crippen LogP contribution >= 0.6 is 24.0 Å². The third-order valence-electron chi connectivity index (χ3n) is 3.80. The zero-order chi connectivity index (χ0) is 15.9. The van der Waals surface area contributed by atoms with Crippen LogP contribution in [-0.4, -0.2) is 24.9 Å². The Morgan fingerprint density at radius 2 is 1.91 bits per heavy atom. The van der Waals surface area contributed by atoms with Crippen molar-refractivity contribution in [2.75, 3.05) is 23.7 Å². The summed E-state index contributed by atoms with van der Waals surface area (Å²) in [4.78, 5) is 23.3. The smallest absolute Gasteiger partial charge is 0.224 e. The molecule has 0 aliphatic carbocycles. The number of amides is 2. The summed E-state index contributed by atoms with van der Waals surface area (Å²) in [5.41, 5.74) is 1.10. The first kappa shape index (κ1) is 19.7. The summed E-state index contributed by atoms with van der Waals surface area (Å²) in [5, 5.41) is 9.36. The standard InChI is InChI=1S/C16H22ClN3O2.ClH/c1-11(21)19-15-10-13(17)3-4-14(15)20-16(22)5-2-12-6-8-18-9-7-12;/h3-4,10,12,18H,2,5-9H2,1H3,(H,19,21)(H,20,22);1H. The van der Waals surface area contributed by atoms with Crippen LogP contribution in [-0.2, 0) is 9.59 Å². The van der Waals surface area contributed by atoms with Crippen LogP contribution in [0.2, 0.25) is 5.02 Å². The van der Waals surface area contributed by atoms with E-state index in [1.54, 1.807) is 18.2 Å². The monoisotopic (exact) mass is 359 g/mol. The molecular weight excluding hydrogens is 337 g/mol. The maximum atomic E-state index is 12.1. The molecule has 5 nitrogen and oxygen atoms in total. The van der Waals surface area contributed by atoms with Gasteiger partial charge >= 0.3 is 0 Å². The maximum Gasteiger partial charge on any atom is 0.224 e. The molecule has 1 fully saturated rings. The molecular formula is C16H23Cl2N3O2. The highest BCUT2D eigenvalue weighted by atomic mass is 35.5. The highest BCUT2D eigenvalue weighted by Crippen LogP contribution is 2.26. The molecule has 23 heavy (non-hydrogen) atoms. The van der Waals surface area contributed by atoms with Gasteiger partial charge in [-0.25, -0.2) is 0 Å². The van der Waals surface area contributed by atoms with Gasteiger partial charge in [0.25, 0.3) is 0 Å². The predicted octanol–water partition coefficient (Wildman–Crippen LogP) is 3.44. The van der Waals surface area contributed by atoms with E-state index in [4.69, 9.17) is 11.6 Å². The molecule has 0 radical (unpaired) electrons. The van der Waals surface area contributed by atoms with Crippen LogP contribution in [0.25, 0.3) is 0 Å². The minimum atomic E-state index is -0.201. The van der Waals surface area contributed by atoms with Gasteiger partial charge in [0.1, 0.15) is 0 Å². The van der Waals surface area contributed by atoms with Crippen molar-refractivity contribution in [3.05, 3.63) is 23.2 Å². The summed E-state index contributed by atoms with van der Waals surface area (Å²) < 4.78 is 0. The number of nitrogens with one attached hydrogen (secondary N) is 3. The van der Waals surface area contributed by atoms with Crippen LogP contribution in [0.1, 0.15) is 32.6 Å². The highest BCUT2D eigenvalue weighted by molar-refractivity contribution is 6.31. The number of halogens is 2. The number of benzene rings is 1. The minimum Gasteiger partial charge on any atom is -0.324 e. The fourth-order valence-electron chi connectivity index (χ4n) is 2.64. The first-order chi connectivity index (χ1) is 10.5. The Bertz CT molecular complexity index is 546. The van der Waals surface area contributed by atoms with Crippen LogP contribution in [0.5, 0.6) is 0 Å². The molecule has 3 N–H and O–H groups in total. The van der Waals surface area contributed by atoms with E-state index < -0.39 is 0 Å². The lowest BCUT2D eigenvalue weighted by Gasteiger charge is -2.22. The van der Waals surface area contributed by atoms with E-state index in [0.717, 1.165) is 32.4 Å². The first-order valence-electron chi connectivity index (χ1n) is 7.62. The van der Waals surface area contributed by atoms with E-state index in [1.807, 2.05) is 0 Å². The van der Waals surface area contributed by atoms with Crippen molar-refractivity contribution >= 4 is 47.2 Å². The second kappa shape index (κ2) is 9.75. The predicted molar refractivity (Wildman–Crippen MR) is 96.5 cm³/mol. The molecule has 7 heteroatoms. The van der Waals surface area contributed by atoms with Crippen molar-refractivity contribution < 1.29 is 9.59 Å². The summed E-state index contributed by atoms with van der Waals surface area (Å²) in [6, 6.07) is 5.02. The number of anilines is 2. The Hall–Kier alpha value is -1.30. The van der Waals surface area contributed by atoms with Gasteiger partial charge in [0.15, 0.2) is 0 Å². The second-order valence-corrected chi connectivity index (χ2v) is 6.09. The van der Waals surface area contributed by atoms with Gasteiger partial charge in [-0.05, 0) is 56.5 Å². The number of piperidine rings is 1. The van der Waals surface area contributed by atoms with Crippen LogP contribution in [0.3, 0.4) is 0 Å². The number of hydrogen-bond donors (Lipinski definition) is 3. The summed E-state index contributed by atoms with van der Waals surface area (Å²) in [6.45, 7) is 3.50. The van der Waals surface area contributed by atoms with Crippen molar-refractivity contribution in [3.63, 3.8) is 0 Å². The molecule has 0 saturated carbocycles. The Balaban J connectivity index is 0.00000264. The van der Waals surface area contributed by atoms with Crippen molar-refractivity contribution in [2.24, 2.45) is 5.92 Å². The molecule has 1 saturated heterocycles. The average Bonchev–Trinajstić information content (AvgIpc) is 2.48. The van der Waals surface area contributed by atoms with Crippen molar-refractivity contribution in [1.82, 2.24) is 5.32 Å². The topological polar surface area (TPSA) is 70.2 Å². The number of carbonyl (C=O) groups is 2. The third kappa shape index (κ3) is 6.77. The molecule has 0 spiro atoms. The van der Waals surface area contributed by atoms with E-state index in [9.17, 15) is 9.59 Å². The second-order valence-electron chi connectivity index (χ2n) is 5.65. The van der Waals surface area contributed by atoms with Crippen molar-refractivity contribution in [3.8, 4) is 0 Å². The van der Waals surface area contributed by atoms with E-state index in [2.05, 4.69) is 16.0 Å². The molecule has 0 atom stereocenters. The van der Waals surface area contributed by atoms with Gasteiger partial charge in [-0.3, -0.25) is 9.59 Å². The Morgan fingerprint density at radius 3 is 2.57 bits per heavy atom. The molecule has 1 aromatic carbocycles. The molecule has 0 bridgehead atoms. The Kier molecular flexibility index (Phi) is 8.37. The summed E-state index contributed by atoms with van der Waals surface area (Å²) in [6.07, 6.45) is 3.65. The lowest BCUT2D eigenvalue weighted by atomic mass is 9.93. The Morgan fingerprint density at radius 1 is 1.22 bits per heavy atom. The summed E-state index contributed by atoms with van der Waals surface area (Å²) >= 11 is 5.93. The minimum absolute atomic E-state index is 0. The molecule has 1 aliphatic rings. The van der Waals surface area contributed by atoms with Gasteiger partial charge in [-0.15, -0.1) is 12.4 Å². The van der Waals surface area contributed by atoms with E-state index in [0.29, 0.717) is 28.7 Å². The molecule has 0 unspecified atom stereocenters. The van der Waals surface area contributed by atoms with E-state index in [-0.39, 0.29) is 24.2 Å². The van der Waals surface area contributed by atoms with E-state index >= 15 is 0 Å². The van der Waals surface area contributed by atoms with Gasteiger partial charge < -0.3 is 16.0 Å². The lowest BCUT2D eigenvalue weighted by molar-refractivity contribution is -0.116. The van der Waals surface area contributed by atoms with Crippen molar-refractivity contribution in [1.29, 1.82) is 0 Å². The van der Waals surface area contributed by atoms with Gasteiger partial charge in [0.05, 0.1) is 11.4 Å². The van der Waals surface area contributed by atoms with Crippen molar-refractivity contribution in [2.45, 2.75) is 32.6 Å². The maximum absolute atomic E-state index is 12.1. The van der Waals surface area contributed by atoms with Crippen LogP contribution in [0.15, 0.2) is 18.2 Å². The average molecular weight is 360 g/mol. The molecule has 128 valence electrons. The normalized spacial score (nSPS) is 14.7. The third-order valence-corrected chi connectivity index (χ3v) is 4.04. The first-order valence-corrected chi connectivity index (χ1v) is 8.00. The lowest BCUT2D eigenvalue weighted by Crippen LogP contribution is -2.28. The van der Waals surface area contributed by atoms with Crippen LogP contribution in [0, 0.1) is 5.92 Å². The largest absolute Gasteiger partial charge is 0.324 e. The molecule has 0 aromatic heterocycles. The molecule has 1 aliphatic heterocycles. The fourth-order valence-corrected chi connectivity index (χ4v) is 2.81. The highest BCUT2D eigenvalue weighted by Gasteiger charge is 2.15. The zero-order valence-electron chi connectivity index (χ0n) is 13.2. The summed E-state index contributed by atoms with van der Waals surface area (Å²) in [7, 11) is 0. The van der Waals surface area contributed by atoms with Gasteiger partial charge in [-0.1, -0.05) is 11.6 Å². The quantitative estimate of drug-likeness (QED) is 0.753. The van der Waals surface area contributed by atoms with Gasteiger partial charge in [-0.2, -0.15) is 0 Å². The van der Waals surface area contributed by atoms with Crippen LogP contribution < -0.4 is 16.0 Å². The molecule has 2 amide bonds. The molecule has 1 aromatic rings. The number of carbonyl (C=O) groups excluding carboxylic acids is 2. The molecule has 1 heterocycles. The van der Waals surface area contributed by atoms with Gasteiger partial charge in [0, 0.05) is 18.4 Å². The fraction of sp³-hybridized carbons (Fsp3) is 0.500. The SMILES string of the molecule is CC(=O)Nc1cc(Cl)ccc1NC(=O)CCC1CCNCC1.Cl. The zero-order valence-corrected chi connectivity index (χ0v) is 14.7. The van der Waals surface area contributed by atoms with E-state index in [1.165, 1.54) is 6.92 Å². The molecule has 2 rings (SSSR count). The number of rotatable bonds is 5. The van der Waals surface area contributed by atoms with Crippen LogP contribution in [0.4, 0.5) is 11.4 Å². The Labute approximate surface area is 148 Å². The van der Waals surface area contributed by atoms with Gasteiger partial charge in [0.2, 0.25) is 11.8 Å². The summed E-state index contributed by atoms with van der Waals surface area (Å²) in [5.74, 6) is 0.381. The number of hydrogen-bond acceptors (Lipinski definition) is 3.